The summed E-state index contributed by atoms with van der Waals surface area (Å²) in [6, 6.07) is 14.8. The number of para-hydroxylation sites is 1. The Morgan fingerprint density at radius 1 is 1.00 bits per heavy atom. The first kappa shape index (κ1) is 20.9. The van der Waals surface area contributed by atoms with Gasteiger partial charge < -0.3 is 19.2 Å². The Labute approximate surface area is 183 Å². The lowest BCUT2D eigenvalue weighted by molar-refractivity contribution is 0.0958. The van der Waals surface area contributed by atoms with Gasteiger partial charge in [0.05, 0.1) is 28.2 Å². The second-order valence-corrected chi connectivity index (χ2v) is 7.94. The number of ether oxygens (including phenoxy) is 2. The van der Waals surface area contributed by atoms with Crippen molar-refractivity contribution in [3.8, 4) is 11.5 Å². The molecule has 0 spiro atoms. The zero-order valence-electron chi connectivity index (χ0n) is 17.4. The minimum atomic E-state index is -0.429. The molecule has 1 amide bonds. The quantitative estimate of drug-likeness (QED) is 0.402. The number of benzene rings is 2. The van der Waals surface area contributed by atoms with E-state index in [2.05, 4.69) is 5.32 Å². The summed E-state index contributed by atoms with van der Waals surface area (Å²) in [5, 5.41) is 4.20. The fourth-order valence-corrected chi connectivity index (χ4v) is 4.50. The van der Waals surface area contributed by atoms with Crippen LogP contribution in [-0.4, -0.2) is 25.7 Å². The highest BCUT2D eigenvalue weighted by Gasteiger charge is 2.15. The van der Waals surface area contributed by atoms with Gasteiger partial charge in [0.25, 0.3) is 5.91 Å². The molecule has 0 saturated carbocycles. The van der Waals surface area contributed by atoms with Crippen molar-refractivity contribution in [2.45, 2.75) is 20.3 Å². The number of hydrogen-bond acceptors (Lipinski definition) is 6. The second kappa shape index (κ2) is 9.22. The summed E-state index contributed by atoms with van der Waals surface area (Å²) in [6.45, 7) is 5.44. The maximum atomic E-state index is 12.7. The largest absolute Gasteiger partial charge is 0.490 e. The fourth-order valence-electron chi connectivity index (χ4n) is 3.41. The Hall–Kier alpha value is -3.32. The molecule has 0 fully saturated rings. The van der Waals surface area contributed by atoms with Crippen molar-refractivity contribution in [2.24, 2.45) is 0 Å². The molecular formula is C24H23NO5S. The number of amides is 1. The number of hydrogen-bond donors (Lipinski definition) is 1. The summed E-state index contributed by atoms with van der Waals surface area (Å²) < 4.78 is 17.4. The molecule has 0 aliphatic rings. The van der Waals surface area contributed by atoms with Gasteiger partial charge in [-0.1, -0.05) is 18.2 Å². The molecule has 0 bridgehead atoms. The zero-order chi connectivity index (χ0) is 21.8. The molecule has 2 aromatic heterocycles. The highest BCUT2D eigenvalue weighted by molar-refractivity contribution is 7.21. The van der Waals surface area contributed by atoms with E-state index >= 15 is 0 Å². The smallest absolute Gasteiger partial charge is 0.345 e. The molecule has 7 heteroatoms. The van der Waals surface area contributed by atoms with Gasteiger partial charge in [-0.25, -0.2) is 4.79 Å². The number of carbonyl (C=O) groups is 1. The minimum absolute atomic E-state index is 0.208. The van der Waals surface area contributed by atoms with E-state index in [1.807, 2.05) is 50.2 Å². The normalized spacial score (nSPS) is 11.0. The Kier molecular flexibility index (Phi) is 6.23. The van der Waals surface area contributed by atoms with Gasteiger partial charge in [-0.2, -0.15) is 0 Å². The molecule has 0 atom stereocenters. The Balaban J connectivity index is 1.47. The SMILES string of the molecule is CCOc1ccc(CCNC(=O)c2cc3c(=O)oc4ccccc4c3s2)cc1OCC. The van der Waals surface area contributed by atoms with Crippen molar-refractivity contribution in [2.75, 3.05) is 19.8 Å². The average molecular weight is 438 g/mol. The third-order valence-electron chi connectivity index (χ3n) is 4.82. The molecule has 4 aromatic rings. The van der Waals surface area contributed by atoms with Crippen LogP contribution in [0.5, 0.6) is 11.5 Å². The van der Waals surface area contributed by atoms with E-state index in [0.29, 0.717) is 53.5 Å². The van der Waals surface area contributed by atoms with Crippen LogP contribution in [0.25, 0.3) is 21.1 Å². The summed E-state index contributed by atoms with van der Waals surface area (Å²) in [7, 11) is 0. The monoisotopic (exact) mass is 437 g/mol. The molecule has 4 rings (SSSR count). The molecule has 6 nitrogen and oxygen atoms in total. The van der Waals surface area contributed by atoms with Crippen LogP contribution in [0.2, 0.25) is 0 Å². The second-order valence-electron chi connectivity index (χ2n) is 6.89. The van der Waals surface area contributed by atoms with E-state index in [4.69, 9.17) is 13.9 Å². The lowest BCUT2D eigenvalue weighted by Crippen LogP contribution is -2.24. The van der Waals surface area contributed by atoms with Crippen molar-refractivity contribution in [3.05, 3.63) is 69.4 Å². The van der Waals surface area contributed by atoms with Gasteiger partial charge in [-0.3, -0.25) is 4.79 Å². The third-order valence-corrected chi connectivity index (χ3v) is 5.98. The number of fused-ring (bicyclic) bond motifs is 3. The third kappa shape index (κ3) is 4.41. The molecule has 2 heterocycles. The first-order valence-electron chi connectivity index (χ1n) is 10.2. The number of rotatable bonds is 8. The predicted octanol–water partition coefficient (Wildman–Crippen LogP) is 4.78. The van der Waals surface area contributed by atoms with Crippen LogP contribution in [0.15, 0.2) is 57.7 Å². The van der Waals surface area contributed by atoms with Gasteiger partial charge in [0.1, 0.15) is 5.58 Å². The molecule has 0 radical (unpaired) electrons. The lowest BCUT2D eigenvalue weighted by atomic mass is 10.1. The molecule has 31 heavy (non-hydrogen) atoms. The van der Waals surface area contributed by atoms with Gasteiger partial charge in [0.2, 0.25) is 0 Å². The molecule has 0 saturated heterocycles. The number of nitrogens with one attached hydrogen (secondary N) is 1. The summed E-state index contributed by atoms with van der Waals surface area (Å²) >= 11 is 1.30. The predicted molar refractivity (Wildman–Crippen MR) is 123 cm³/mol. The highest BCUT2D eigenvalue weighted by Crippen LogP contribution is 2.31. The lowest BCUT2D eigenvalue weighted by Gasteiger charge is -2.12. The Morgan fingerprint density at radius 3 is 2.58 bits per heavy atom. The molecule has 1 N–H and O–H groups in total. The zero-order valence-corrected chi connectivity index (χ0v) is 18.2. The van der Waals surface area contributed by atoms with E-state index in [1.54, 1.807) is 12.1 Å². The molecule has 0 aliphatic heterocycles. The first-order valence-corrected chi connectivity index (χ1v) is 11.0. The molecule has 2 aromatic carbocycles. The summed E-state index contributed by atoms with van der Waals surface area (Å²) in [5.41, 5.74) is 1.13. The molecule has 160 valence electrons. The number of thiophene rings is 1. The average Bonchev–Trinajstić information content (AvgIpc) is 3.22. The van der Waals surface area contributed by atoms with Crippen LogP contribution in [0.4, 0.5) is 0 Å². The van der Waals surface area contributed by atoms with Crippen LogP contribution < -0.4 is 20.4 Å². The van der Waals surface area contributed by atoms with E-state index < -0.39 is 5.63 Å². The van der Waals surface area contributed by atoms with E-state index in [0.717, 1.165) is 15.6 Å². The van der Waals surface area contributed by atoms with Crippen LogP contribution in [0.1, 0.15) is 29.1 Å². The van der Waals surface area contributed by atoms with E-state index in [-0.39, 0.29) is 5.91 Å². The maximum Gasteiger partial charge on any atom is 0.345 e. The molecule has 0 aliphatic carbocycles. The highest BCUT2D eigenvalue weighted by atomic mass is 32.1. The first-order chi connectivity index (χ1) is 15.1. The minimum Gasteiger partial charge on any atom is -0.490 e. The van der Waals surface area contributed by atoms with Crippen LogP contribution in [-0.2, 0) is 6.42 Å². The van der Waals surface area contributed by atoms with E-state index in [9.17, 15) is 9.59 Å². The van der Waals surface area contributed by atoms with Crippen molar-refractivity contribution in [3.63, 3.8) is 0 Å². The summed E-state index contributed by atoms with van der Waals surface area (Å²) in [6.07, 6.45) is 0.647. The summed E-state index contributed by atoms with van der Waals surface area (Å²) in [4.78, 5) is 25.4. The van der Waals surface area contributed by atoms with Gasteiger partial charge >= 0.3 is 5.63 Å². The van der Waals surface area contributed by atoms with Gasteiger partial charge in [-0.05, 0) is 56.2 Å². The maximum absolute atomic E-state index is 12.7. The summed E-state index contributed by atoms with van der Waals surface area (Å²) in [5.74, 6) is 1.21. The van der Waals surface area contributed by atoms with Crippen molar-refractivity contribution in [1.29, 1.82) is 0 Å². The van der Waals surface area contributed by atoms with Gasteiger partial charge in [-0.15, -0.1) is 11.3 Å². The van der Waals surface area contributed by atoms with Crippen molar-refractivity contribution >= 4 is 38.3 Å². The van der Waals surface area contributed by atoms with Crippen LogP contribution in [0, 0.1) is 0 Å². The molecular weight excluding hydrogens is 414 g/mol. The number of carbonyl (C=O) groups excluding carboxylic acids is 1. The van der Waals surface area contributed by atoms with Gasteiger partial charge in [0, 0.05) is 11.9 Å². The van der Waals surface area contributed by atoms with Crippen molar-refractivity contribution < 1.29 is 18.7 Å². The van der Waals surface area contributed by atoms with Crippen LogP contribution in [0.3, 0.4) is 0 Å². The molecule has 0 unspecified atom stereocenters. The standard InChI is InChI=1S/C24H23NO5S/c1-3-28-19-10-9-15(13-20(19)29-4-2)11-12-25-23(26)21-14-17-22(31-21)16-7-5-6-8-18(16)30-24(17)27/h5-10,13-14H,3-4,11-12H2,1-2H3,(H,25,26). The van der Waals surface area contributed by atoms with E-state index in [1.165, 1.54) is 11.3 Å². The Bertz CT molecular complexity index is 1290. The fraction of sp³-hybridized carbons (Fsp3) is 0.250. The van der Waals surface area contributed by atoms with Crippen LogP contribution >= 0.6 is 11.3 Å². The van der Waals surface area contributed by atoms with Gasteiger partial charge in [0.15, 0.2) is 11.5 Å². The van der Waals surface area contributed by atoms with Crippen molar-refractivity contribution in [1.82, 2.24) is 5.32 Å². The topological polar surface area (TPSA) is 77.8 Å². The Morgan fingerprint density at radius 2 is 1.77 bits per heavy atom.